The molecule has 0 atom stereocenters. The van der Waals surface area contributed by atoms with E-state index < -0.39 is 0 Å². The van der Waals surface area contributed by atoms with E-state index in [-0.39, 0.29) is 24.0 Å². The Kier molecular flexibility index (Phi) is 10.4. The van der Waals surface area contributed by atoms with Crippen LogP contribution >= 0.6 is 24.0 Å². The van der Waals surface area contributed by atoms with Gasteiger partial charge in [0, 0.05) is 33.9 Å². The average molecular weight is 533 g/mol. The van der Waals surface area contributed by atoms with Crippen molar-refractivity contribution in [3.8, 4) is 0 Å². The summed E-state index contributed by atoms with van der Waals surface area (Å²) in [5.74, 6) is 3.40. The van der Waals surface area contributed by atoms with Crippen molar-refractivity contribution in [1.82, 2.24) is 20.5 Å². The molecule has 1 aliphatic heterocycles. The summed E-state index contributed by atoms with van der Waals surface area (Å²) >= 11 is 0. The minimum atomic E-state index is 0. The van der Waals surface area contributed by atoms with Crippen molar-refractivity contribution in [2.24, 2.45) is 16.3 Å². The zero-order chi connectivity index (χ0) is 20.7. The molecule has 1 saturated carbocycles. The Morgan fingerprint density at radius 3 is 2.53 bits per heavy atom. The molecule has 1 saturated heterocycles. The predicted molar refractivity (Wildman–Crippen MR) is 132 cm³/mol. The summed E-state index contributed by atoms with van der Waals surface area (Å²) in [5.41, 5.74) is 1.40. The van der Waals surface area contributed by atoms with Gasteiger partial charge in [0.05, 0.1) is 12.2 Å². The molecular weight excluding hydrogens is 493 g/mol. The summed E-state index contributed by atoms with van der Waals surface area (Å²) in [6.07, 6.45) is 7.45. The van der Waals surface area contributed by atoms with Crippen molar-refractivity contribution in [3.63, 3.8) is 0 Å². The number of hydrogen-bond donors (Lipinski definition) is 2. The molecule has 0 amide bonds. The molecule has 2 fully saturated rings. The number of nitrogens with one attached hydrogen (secondary N) is 2. The predicted octanol–water partition coefficient (Wildman–Crippen LogP) is 3.49. The van der Waals surface area contributed by atoms with Crippen molar-refractivity contribution >= 4 is 29.9 Å². The largest absolute Gasteiger partial charge is 0.444 e. The molecule has 30 heavy (non-hydrogen) atoms. The van der Waals surface area contributed by atoms with Gasteiger partial charge in [0.2, 0.25) is 5.89 Å². The zero-order valence-corrected chi connectivity index (χ0v) is 21.5. The Balaban J connectivity index is 0.00000320. The van der Waals surface area contributed by atoms with E-state index in [0.29, 0.717) is 11.3 Å². The van der Waals surface area contributed by atoms with Crippen LogP contribution in [0.1, 0.15) is 55.9 Å². The van der Waals surface area contributed by atoms with Gasteiger partial charge in [-0.2, -0.15) is 0 Å². The van der Waals surface area contributed by atoms with Gasteiger partial charge in [-0.25, -0.2) is 4.98 Å². The SMILES string of the molecule is CN=C(NCC1CCN(Cc2nc(C)c(C)o2)CC1)NCC1(CCOC)CCC1.I. The average Bonchev–Trinajstić information content (AvgIpc) is 3.01. The number of hydrogen-bond acceptors (Lipinski definition) is 5. The summed E-state index contributed by atoms with van der Waals surface area (Å²) < 4.78 is 11.0. The molecule has 0 unspecified atom stereocenters. The summed E-state index contributed by atoms with van der Waals surface area (Å²) in [7, 11) is 3.65. The van der Waals surface area contributed by atoms with E-state index in [0.717, 1.165) is 69.1 Å². The van der Waals surface area contributed by atoms with Gasteiger partial charge in [0.25, 0.3) is 0 Å². The van der Waals surface area contributed by atoms with Gasteiger partial charge >= 0.3 is 0 Å². The number of aromatic nitrogens is 1. The van der Waals surface area contributed by atoms with Gasteiger partial charge in [-0.3, -0.25) is 9.89 Å². The van der Waals surface area contributed by atoms with Crippen LogP contribution in [0.4, 0.5) is 0 Å². The fourth-order valence-corrected chi connectivity index (χ4v) is 4.39. The molecule has 2 heterocycles. The van der Waals surface area contributed by atoms with Crippen LogP contribution in [-0.4, -0.2) is 62.8 Å². The fourth-order valence-electron chi connectivity index (χ4n) is 4.39. The first-order chi connectivity index (χ1) is 14.0. The van der Waals surface area contributed by atoms with Crippen LogP contribution in [0.3, 0.4) is 0 Å². The van der Waals surface area contributed by atoms with Crippen molar-refractivity contribution in [2.75, 3.05) is 46.9 Å². The van der Waals surface area contributed by atoms with E-state index in [1.807, 2.05) is 20.9 Å². The van der Waals surface area contributed by atoms with E-state index in [1.54, 1.807) is 7.11 Å². The van der Waals surface area contributed by atoms with Crippen LogP contribution in [0.2, 0.25) is 0 Å². The van der Waals surface area contributed by atoms with Gasteiger partial charge in [0.1, 0.15) is 5.76 Å². The molecule has 2 aliphatic rings. The Morgan fingerprint density at radius 2 is 2.00 bits per heavy atom. The molecule has 0 aromatic carbocycles. The van der Waals surface area contributed by atoms with E-state index in [9.17, 15) is 0 Å². The number of nitrogens with zero attached hydrogens (tertiary/aromatic N) is 3. The fraction of sp³-hybridized carbons (Fsp3) is 0.818. The van der Waals surface area contributed by atoms with Crippen molar-refractivity contribution in [2.45, 2.75) is 58.9 Å². The second kappa shape index (κ2) is 12.2. The number of ether oxygens (including phenoxy) is 1. The van der Waals surface area contributed by atoms with Crippen molar-refractivity contribution in [3.05, 3.63) is 17.3 Å². The van der Waals surface area contributed by atoms with Gasteiger partial charge in [-0.1, -0.05) is 6.42 Å². The van der Waals surface area contributed by atoms with Crippen LogP contribution in [0.25, 0.3) is 0 Å². The van der Waals surface area contributed by atoms with E-state index in [1.165, 1.54) is 32.1 Å². The standard InChI is InChI=1S/C22H39N5O2.HI/c1-17-18(2)29-20(26-17)15-27-11-6-19(7-12-27)14-24-21(23-3)25-16-22(8-5-9-22)10-13-28-4;/h19H,5-16H2,1-4H3,(H2,23,24,25);1H. The lowest BCUT2D eigenvalue weighted by Gasteiger charge is -2.42. The monoisotopic (exact) mass is 533 g/mol. The number of aliphatic imine (C=N–C) groups is 1. The van der Waals surface area contributed by atoms with Crippen LogP contribution in [-0.2, 0) is 11.3 Å². The molecule has 2 N–H and O–H groups in total. The molecule has 172 valence electrons. The maximum Gasteiger partial charge on any atom is 0.208 e. The quantitative estimate of drug-likeness (QED) is 0.288. The topological polar surface area (TPSA) is 74.9 Å². The lowest BCUT2D eigenvalue weighted by Crippen LogP contribution is -2.48. The molecule has 7 nitrogen and oxygen atoms in total. The van der Waals surface area contributed by atoms with Crippen molar-refractivity contribution < 1.29 is 9.15 Å². The Labute approximate surface area is 198 Å². The van der Waals surface area contributed by atoms with Crippen LogP contribution in [0, 0.1) is 25.2 Å². The first-order valence-corrected chi connectivity index (χ1v) is 11.1. The third kappa shape index (κ3) is 7.09. The molecule has 3 rings (SSSR count). The van der Waals surface area contributed by atoms with Crippen LogP contribution in [0.5, 0.6) is 0 Å². The normalized spacial score (nSPS) is 19.8. The Morgan fingerprint density at radius 1 is 1.27 bits per heavy atom. The van der Waals surface area contributed by atoms with Gasteiger partial charge in [-0.05, 0) is 70.4 Å². The number of halogens is 1. The van der Waals surface area contributed by atoms with Gasteiger partial charge < -0.3 is 19.8 Å². The number of rotatable bonds is 9. The highest BCUT2D eigenvalue weighted by molar-refractivity contribution is 14.0. The molecular formula is C22H40IN5O2. The highest BCUT2D eigenvalue weighted by atomic mass is 127. The summed E-state index contributed by atoms with van der Waals surface area (Å²) in [6.45, 7) is 9.82. The van der Waals surface area contributed by atoms with Gasteiger partial charge in [-0.15, -0.1) is 24.0 Å². The molecule has 0 bridgehead atoms. The lowest BCUT2D eigenvalue weighted by molar-refractivity contribution is 0.0732. The maximum atomic E-state index is 5.73. The minimum absolute atomic E-state index is 0. The van der Waals surface area contributed by atoms with Crippen LogP contribution < -0.4 is 10.6 Å². The number of aryl methyl sites for hydroxylation is 2. The Bertz CT molecular complexity index is 647. The lowest BCUT2D eigenvalue weighted by atomic mass is 9.67. The van der Waals surface area contributed by atoms with E-state index in [4.69, 9.17) is 9.15 Å². The summed E-state index contributed by atoms with van der Waals surface area (Å²) in [4.78, 5) is 11.4. The zero-order valence-electron chi connectivity index (χ0n) is 19.1. The third-order valence-corrected chi connectivity index (χ3v) is 6.80. The number of likely N-dealkylation sites (tertiary alicyclic amines) is 1. The number of oxazole rings is 1. The molecule has 8 heteroatoms. The molecule has 0 radical (unpaired) electrons. The Hall–Kier alpha value is -0.870. The van der Waals surface area contributed by atoms with E-state index in [2.05, 4.69) is 25.5 Å². The van der Waals surface area contributed by atoms with Crippen molar-refractivity contribution in [1.29, 1.82) is 0 Å². The maximum absolute atomic E-state index is 5.73. The second-order valence-corrected chi connectivity index (χ2v) is 8.87. The molecule has 0 spiro atoms. The number of guanidine groups is 1. The van der Waals surface area contributed by atoms with E-state index >= 15 is 0 Å². The molecule has 1 aliphatic carbocycles. The first kappa shape index (κ1) is 25.4. The number of methoxy groups -OCH3 is 1. The summed E-state index contributed by atoms with van der Waals surface area (Å²) in [5, 5.41) is 7.11. The highest BCUT2D eigenvalue weighted by Crippen LogP contribution is 2.43. The minimum Gasteiger partial charge on any atom is -0.444 e. The number of piperidine rings is 1. The molecule has 1 aromatic rings. The third-order valence-electron chi connectivity index (χ3n) is 6.80. The van der Waals surface area contributed by atoms with Gasteiger partial charge in [0.15, 0.2) is 5.96 Å². The highest BCUT2D eigenvalue weighted by Gasteiger charge is 2.36. The second-order valence-electron chi connectivity index (χ2n) is 8.87. The van der Waals surface area contributed by atoms with Crippen LogP contribution in [0.15, 0.2) is 9.41 Å². The summed E-state index contributed by atoms with van der Waals surface area (Å²) in [6, 6.07) is 0. The molecule has 1 aromatic heterocycles. The first-order valence-electron chi connectivity index (χ1n) is 11.1. The smallest absolute Gasteiger partial charge is 0.208 e.